The molecule has 2 aromatic rings. The summed E-state index contributed by atoms with van der Waals surface area (Å²) in [5.74, 6) is -0.661. The van der Waals surface area contributed by atoms with Crippen molar-refractivity contribution in [2.45, 2.75) is 0 Å². The summed E-state index contributed by atoms with van der Waals surface area (Å²) in [7, 11) is 0. The van der Waals surface area contributed by atoms with E-state index in [0.717, 1.165) is 16.5 Å². The van der Waals surface area contributed by atoms with E-state index in [1.807, 2.05) is 18.2 Å². The van der Waals surface area contributed by atoms with Crippen LogP contribution < -0.4 is 10.6 Å². The Morgan fingerprint density at radius 2 is 1.92 bits per heavy atom. The third kappa shape index (κ3) is 3.68. The summed E-state index contributed by atoms with van der Waals surface area (Å²) in [6.07, 6.45) is 1.23. The highest BCUT2D eigenvalue weighted by atomic mass is 35.5. The minimum Gasteiger partial charge on any atom is -0.439 e. The van der Waals surface area contributed by atoms with Crippen molar-refractivity contribution in [3.8, 4) is 0 Å². The van der Waals surface area contributed by atoms with Crippen molar-refractivity contribution in [3.63, 3.8) is 0 Å². The Hall–Kier alpha value is -2.54. The number of carbonyl (C=O) groups excluding carboxylic acids is 2. The van der Waals surface area contributed by atoms with Crippen LogP contribution in [0.25, 0.3) is 10.8 Å². The molecule has 24 heavy (non-hydrogen) atoms. The molecule has 1 aliphatic heterocycles. The molecule has 1 fully saturated rings. The standard InChI is InChI=1S/C16H17ClN4O3/c17-14-8-12-7-13(2-1-11(12)9-19-14)20-3-5-21(6-4-20)16(23)24-10-15(18)22/h1-2,7-9H,3-6,10H2,(H2,18,22). The van der Waals surface area contributed by atoms with Crippen LogP contribution in [-0.2, 0) is 9.53 Å². The fourth-order valence-corrected chi connectivity index (χ4v) is 2.84. The predicted molar refractivity (Wildman–Crippen MR) is 91.1 cm³/mol. The Bertz CT molecular complexity index is 775. The number of primary amides is 1. The third-order valence-electron chi connectivity index (χ3n) is 3.91. The second-order valence-electron chi connectivity index (χ2n) is 5.53. The van der Waals surface area contributed by atoms with E-state index in [1.54, 1.807) is 11.1 Å². The lowest BCUT2D eigenvalue weighted by Gasteiger charge is -2.35. The molecule has 2 N–H and O–H groups in total. The van der Waals surface area contributed by atoms with Crippen LogP contribution in [0.3, 0.4) is 0 Å². The van der Waals surface area contributed by atoms with Gasteiger partial charge in [-0.1, -0.05) is 17.7 Å². The first kappa shape index (κ1) is 16.3. The number of benzene rings is 1. The van der Waals surface area contributed by atoms with Gasteiger partial charge in [-0.05, 0) is 23.6 Å². The van der Waals surface area contributed by atoms with Crippen molar-refractivity contribution in [1.29, 1.82) is 0 Å². The van der Waals surface area contributed by atoms with E-state index in [4.69, 9.17) is 22.1 Å². The highest BCUT2D eigenvalue weighted by Gasteiger charge is 2.22. The van der Waals surface area contributed by atoms with E-state index in [-0.39, 0.29) is 0 Å². The van der Waals surface area contributed by atoms with Gasteiger partial charge in [-0.15, -0.1) is 0 Å². The number of fused-ring (bicyclic) bond motifs is 1. The zero-order valence-corrected chi connectivity index (χ0v) is 13.7. The molecule has 1 saturated heterocycles. The number of aromatic nitrogens is 1. The zero-order valence-electron chi connectivity index (χ0n) is 12.9. The number of rotatable bonds is 3. The molecule has 3 rings (SSSR count). The molecule has 126 valence electrons. The summed E-state index contributed by atoms with van der Waals surface area (Å²) >= 11 is 5.95. The van der Waals surface area contributed by atoms with E-state index < -0.39 is 18.6 Å². The average molecular weight is 349 g/mol. The van der Waals surface area contributed by atoms with Crippen LogP contribution >= 0.6 is 11.6 Å². The molecule has 0 aliphatic carbocycles. The lowest BCUT2D eigenvalue weighted by atomic mass is 10.1. The minimum absolute atomic E-state index is 0.390. The Morgan fingerprint density at radius 3 is 2.62 bits per heavy atom. The fourth-order valence-electron chi connectivity index (χ4n) is 2.67. The molecule has 1 aromatic heterocycles. The number of anilines is 1. The van der Waals surface area contributed by atoms with Crippen molar-refractivity contribution in [1.82, 2.24) is 9.88 Å². The van der Waals surface area contributed by atoms with Gasteiger partial charge in [0.25, 0.3) is 5.91 Å². The Kier molecular flexibility index (Phi) is 4.71. The Balaban J connectivity index is 1.64. The van der Waals surface area contributed by atoms with Gasteiger partial charge < -0.3 is 20.3 Å². The van der Waals surface area contributed by atoms with Crippen LogP contribution in [0.1, 0.15) is 0 Å². The van der Waals surface area contributed by atoms with Crippen LogP contribution in [-0.4, -0.2) is 54.7 Å². The normalized spacial score (nSPS) is 14.7. The molecule has 1 aliphatic rings. The van der Waals surface area contributed by atoms with Crippen LogP contribution in [0.2, 0.25) is 5.15 Å². The maximum absolute atomic E-state index is 11.8. The highest BCUT2D eigenvalue weighted by Crippen LogP contribution is 2.24. The Labute approximate surface area is 143 Å². The fraction of sp³-hybridized carbons (Fsp3) is 0.312. The van der Waals surface area contributed by atoms with Gasteiger partial charge in [0.15, 0.2) is 6.61 Å². The number of hydrogen-bond donors (Lipinski definition) is 1. The average Bonchev–Trinajstić information content (AvgIpc) is 2.59. The van der Waals surface area contributed by atoms with Gasteiger partial charge in [-0.3, -0.25) is 4.79 Å². The van der Waals surface area contributed by atoms with Gasteiger partial charge in [0.2, 0.25) is 0 Å². The Morgan fingerprint density at radius 1 is 1.17 bits per heavy atom. The van der Waals surface area contributed by atoms with Crippen LogP contribution in [0, 0.1) is 0 Å². The van der Waals surface area contributed by atoms with Crippen molar-refractivity contribution in [2.24, 2.45) is 5.73 Å². The maximum atomic E-state index is 11.8. The summed E-state index contributed by atoms with van der Waals surface area (Å²) in [6, 6.07) is 7.92. The summed E-state index contributed by atoms with van der Waals surface area (Å²) in [4.78, 5) is 30.3. The molecule has 2 heterocycles. The number of pyridine rings is 1. The molecule has 2 amide bonds. The lowest BCUT2D eigenvalue weighted by Crippen LogP contribution is -2.49. The topological polar surface area (TPSA) is 88.8 Å². The first-order valence-corrected chi connectivity index (χ1v) is 7.91. The molecule has 0 saturated carbocycles. The smallest absolute Gasteiger partial charge is 0.410 e. The van der Waals surface area contributed by atoms with E-state index in [9.17, 15) is 9.59 Å². The minimum atomic E-state index is -0.661. The van der Waals surface area contributed by atoms with Gasteiger partial charge >= 0.3 is 6.09 Å². The number of ether oxygens (including phenoxy) is 1. The summed E-state index contributed by atoms with van der Waals surface area (Å²) < 4.78 is 4.83. The van der Waals surface area contributed by atoms with E-state index in [0.29, 0.717) is 31.3 Å². The molecule has 0 bridgehead atoms. The number of carbonyl (C=O) groups is 2. The van der Waals surface area contributed by atoms with Crippen LogP contribution in [0.5, 0.6) is 0 Å². The van der Waals surface area contributed by atoms with Gasteiger partial charge in [0, 0.05) is 43.4 Å². The summed E-state index contributed by atoms with van der Waals surface area (Å²) in [5, 5.41) is 2.51. The van der Waals surface area contributed by atoms with Crippen molar-refractivity contribution < 1.29 is 14.3 Å². The monoisotopic (exact) mass is 348 g/mol. The van der Waals surface area contributed by atoms with Gasteiger partial charge in [-0.2, -0.15) is 0 Å². The van der Waals surface area contributed by atoms with E-state index >= 15 is 0 Å². The lowest BCUT2D eigenvalue weighted by molar-refractivity contribution is -0.121. The molecule has 0 spiro atoms. The number of amides is 2. The molecule has 8 heteroatoms. The van der Waals surface area contributed by atoms with Crippen molar-refractivity contribution in [3.05, 3.63) is 35.6 Å². The number of hydrogen-bond acceptors (Lipinski definition) is 5. The summed E-state index contributed by atoms with van der Waals surface area (Å²) in [6.45, 7) is 2.00. The first-order valence-electron chi connectivity index (χ1n) is 7.53. The molecular weight excluding hydrogens is 332 g/mol. The van der Waals surface area contributed by atoms with Crippen molar-refractivity contribution in [2.75, 3.05) is 37.7 Å². The highest BCUT2D eigenvalue weighted by molar-refractivity contribution is 6.30. The SMILES string of the molecule is NC(=O)COC(=O)N1CCN(c2ccc3cnc(Cl)cc3c2)CC1. The first-order chi connectivity index (χ1) is 11.5. The molecule has 0 unspecified atom stereocenters. The van der Waals surface area contributed by atoms with E-state index in [1.165, 1.54) is 0 Å². The third-order valence-corrected chi connectivity index (χ3v) is 4.12. The second kappa shape index (κ2) is 6.92. The molecule has 0 atom stereocenters. The van der Waals surface area contributed by atoms with E-state index in [2.05, 4.69) is 16.0 Å². The maximum Gasteiger partial charge on any atom is 0.410 e. The molecule has 1 aromatic carbocycles. The number of nitrogens with two attached hydrogens (primary N) is 1. The van der Waals surface area contributed by atoms with Crippen LogP contribution in [0.15, 0.2) is 30.5 Å². The zero-order chi connectivity index (χ0) is 17.1. The molecular formula is C16H17ClN4O3. The number of nitrogens with zero attached hydrogens (tertiary/aromatic N) is 3. The van der Waals surface area contributed by atoms with Gasteiger partial charge in [-0.25, -0.2) is 9.78 Å². The predicted octanol–water partition coefficient (Wildman–Crippen LogP) is 1.63. The number of piperazine rings is 1. The second-order valence-corrected chi connectivity index (χ2v) is 5.92. The molecule has 7 nitrogen and oxygen atoms in total. The molecule has 0 radical (unpaired) electrons. The summed E-state index contributed by atoms with van der Waals surface area (Å²) in [5.41, 5.74) is 6.03. The van der Waals surface area contributed by atoms with Crippen LogP contribution in [0.4, 0.5) is 10.5 Å². The largest absolute Gasteiger partial charge is 0.439 e. The van der Waals surface area contributed by atoms with Gasteiger partial charge in [0.1, 0.15) is 5.15 Å². The van der Waals surface area contributed by atoms with Gasteiger partial charge in [0.05, 0.1) is 0 Å². The van der Waals surface area contributed by atoms with Crippen molar-refractivity contribution >= 4 is 40.1 Å². The quantitative estimate of drug-likeness (QED) is 0.852. The number of halogens is 1.